The van der Waals surface area contributed by atoms with Crippen molar-refractivity contribution in [2.75, 3.05) is 5.32 Å². The topological polar surface area (TPSA) is 12.0 Å². The first-order chi connectivity index (χ1) is 8.18. The third-order valence-electron chi connectivity index (χ3n) is 1.84. The van der Waals surface area contributed by atoms with Gasteiger partial charge in [-0.15, -0.1) is 0 Å². The van der Waals surface area contributed by atoms with Crippen LogP contribution in [-0.2, 0) is 0 Å². The van der Waals surface area contributed by atoms with Gasteiger partial charge in [0.2, 0.25) is 0 Å². The van der Waals surface area contributed by atoms with Crippen LogP contribution in [0.5, 0.6) is 0 Å². The van der Waals surface area contributed by atoms with Crippen LogP contribution in [0.4, 0.5) is 24.3 Å². The standard InChI is InChI=1S/C12H11N.BF3/c1-3-7-11(8-4-1)13-12-9-5-2-6-10-12;2-1(3)4/h1-10,13H;. The molecule has 0 saturated heterocycles. The van der Waals surface area contributed by atoms with E-state index in [4.69, 9.17) is 0 Å². The third kappa shape index (κ3) is 6.30. The van der Waals surface area contributed by atoms with Crippen molar-refractivity contribution in [2.45, 2.75) is 0 Å². The van der Waals surface area contributed by atoms with E-state index in [9.17, 15) is 12.9 Å². The average molecular weight is 237 g/mol. The molecule has 2 aromatic carbocycles. The summed E-state index contributed by atoms with van der Waals surface area (Å²) in [5.74, 6) is 0. The van der Waals surface area contributed by atoms with E-state index >= 15 is 0 Å². The lowest BCUT2D eigenvalue weighted by molar-refractivity contribution is 0.535. The Morgan fingerprint density at radius 1 is 0.647 bits per heavy atom. The quantitative estimate of drug-likeness (QED) is 0.767. The summed E-state index contributed by atoms with van der Waals surface area (Å²) < 4.78 is 29.0. The normalized spacial score (nSPS) is 8.88. The van der Waals surface area contributed by atoms with Crippen molar-refractivity contribution in [1.82, 2.24) is 0 Å². The summed E-state index contributed by atoms with van der Waals surface area (Å²) in [6, 6.07) is 20.3. The van der Waals surface area contributed by atoms with Gasteiger partial charge < -0.3 is 5.32 Å². The molecular formula is C12H11BF3N. The van der Waals surface area contributed by atoms with Crippen molar-refractivity contribution in [1.29, 1.82) is 0 Å². The monoisotopic (exact) mass is 237 g/mol. The maximum absolute atomic E-state index is 9.67. The van der Waals surface area contributed by atoms with E-state index in [2.05, 4.69) is 5.32 Å². The van der Waals surface area contributed by atoms with Gasteiger partial charge in [0.15, 0.2) is 0 Å². The Kier molecular flexibility index (Phi) is 5.71. The molecule has 2 rings (SSSR count). The van der Waals surface area contributed by atoms with Crippen molar-refractivity contribution >= 4 is 18.9 Å². The maximum atomic E-state index is 9.67. The molecule has 0 aliphatic carbocycles. The molecular weight excluding hydrogens is 226 g/mol. The third-order valence-corrected chi connectivity index (χ3v) is 1.84. The van der Waals surface area contributed by atoms with Crippen LogP contribution in [0.15, 0.2) is 60.7 Å². The lowest BCUT2D eigenvalue weighted by Crippen LogP contribution is -1.87. The summed E-state index contributed by atoms with van der Waals surface area (Å²) in [5, 5.41) is 3.30. The Morgan fingerprint density at radius 2 is 0.941 bits per heavy atom. The second kappa shape index (κ2) is 7.38. The lowest BCUT2D eigenvalue weighted by atomic mass is 10.3. The molecule has 0 heterocycles. The summed E-state index contributed by atoms with van der Waals surface area (Å²) in [6.45, 7) is 0. The van der Waals surface area contributed by atoms with Gasteiger partial charge in [0.25, 0.3) is 0 Å². The van der Waals surface area contributed by atoms with Gasteiger partial charge in [0.05, 0.1) is 0 Å². The molecule has 0 fully saturated rings. The number of halogens is 3. The molecule has 88 valence electrons. The van der Waals surface area contributed by atoms with E-state index < -0.39 is 7.54 Å². The molecule has 0 aromatic heterocycles. The van der Waals surface area contributed by atoms with Gasteiger partial charge in [-0.1, -0.05) is 36.4 Å². The van der Waals surface area contributed by atoms with Gasteiger partial charge in [0.1, 0.15) is 0 Å². The Labute approximate surface area is 98.5 Å². The van der Waals surface area contributed by atoms with Gasteiger partial charge >= 0.3 is 7.54 Å². The SMILES string of the molecule is FB(F)F.c1ccc(Nc2ccccc2)cc1. The minimum Gasteiger partial charge on any atom is -0.356 e. The highest BCUT2D eigenvalue weighted by molar-refractivity contribution is 6.33. The van der Waals surface area contributed by atoms with Crippen LogP contribution in [-0.4, -0.2) is 7.54 Å². The predicted molar refractivity (Wildman–Crippen MR) is 65.2 cm³/mol. The zero-order chi connectivity index (χ0) is 12.5. The number of anilines is 2. The number of nitrogens with one attached hydrogen (secondary N) is 1. The number of hydrogen-bond acceptors (Lipinski definition) is 1. The predicted octanol–water partition coefficient (Wildman–Crippen LogP) is 4.31. The Hall–Kier alpha value is -1.91. The summed E-state index contributed by atoms with van der Waals surface area (Å²) in [6.07, 6.45) is 0. The van der Waals surface area contributed by atoms with Crippen molar-refractivity contribution in [3.63, 3.8) is 0 Å². The molecule has 5 heteroatoms. The summed E-state index contributed by atoms with van der Waals surface area (Å²) in [4.78, 5) is 0. The van der Waals surface area contributed by atoms with Crippen molar-refractivity contribution in [3.05, 3.63) is 60.7 Å². The highest BCUT2D eigenvalue weighted by Crippen LogP contribution is 2.14. The Balaban J connectivity index is 0.000000317. The molecule has 0 bridgehead atoms. The van der Waals surface area contributed by atoms with Crippen LogP contribution in [0.25, 0.3) is 0 Å². The largest absolute Gasteiger partial charge is 0.762 e. The number of hydrogen-bond donors (Lipinski definition) is 1. The van der Waals surface area contributed by atoms with Crippen molar-refractivity contribution in [3.8, 4) is 0 Å². The fourth-order valence-corrected chi connectivity index (χ4v) is 1.21. The van der Waals surface area contributed by atoms with E-state index in [0.29, 0.717) is 0 Å². The van der Waals surface area contributed by atoms with E-state index in [1.165, 1.54) is 0 Å². The highest BCUT2D eigenvalue weighted by atomic mass is 19.4. The molecule has 0 aliphatic rings. The molecule has 0 saturated carbocycles. The van der Waals surface area contributed by atoms with Crippen LogP contribution in [0, 0.1) is 0 Å². The Bertz CT molecular complexity index is 368. The fourth-order valence-electron chi connectivity index (χ4n) is 1.21. The van der Waals surface area contributed by atoms with E-state index in [0.717, 1.165) is 11.4 Å². The van der Waals surface area contributed by atoms with E-state index in [1.807, 2.05) is 60.7 Å². The molecule has 1 nitrogen and oxygen atoms in total. The lowest BCUT2D eigenvalue weighted by Gasteiger charge is -2.04. The summed E-state index contributed by atoms with van der Waals surface area (Å²) >= 11 is 0. The van der Waals surface area contributed by atoms with Crippen LogP contribution >= 0.6 is 0 Å². The van der Waals surface area contributed by atoms with Gasteiger partial charge in [-0.3, -0.25) is 12.9 Å². The number of rotatable bonds is 2. The van der Waals surface area contributed by atoms with Gasteiger partial charge in [-0.25, -0.2) is 0 Å². The zero-order valence-corrected chi connectivity index (χ0v) is 8.98. The molecule has 0 atom stereocenters. The molecule has 0 amide bonds. The van der Waals surface area contributed by atoms with Crippen LogP contribution in [0.1, 0.15) is 0 Å². The molecule has 0 radical (unpaired) electrons. The molecule has 0 aliphatic heterocycles. The molecule has 17 heavy (non-hydrogen) atoms. The molecule has 0 spiro atoms. The molecule has 0 unspecified atom stereocenters. The second-order valence-corrected chi connectivity index (χ2v) is 3.10. The van der Waals surface area contributed by atoms with Crippen LogP contribution in [0.3, 0.4) is 0 Å². The Morgan fingerprint density at radius 3 is 1.24 bits per heavy atom. The molecule has 1 N–H and O–H groups in total. The van der Waals surface area contributed by atoms with Gasteiger partial charge in [0, 0.05) is 11.4 Å². The zero-order valence-electron chi connectivity index (χ0n) is 8.98. The summed E-state index contributed by atoms with van der Waals surface area (Å²) in [7, 11) is -3.67. The first-order valence-electron chi connectivity index (χ1n) is 4.98. The van der Waals surface area contributed by atoms with E-state index in [-0.39, 0.29) is 0 Å². The number of benzene rings is 2. The molecule has 2 aromatic rings. The second-order valence-electron chi connectivity index (χ2n) is 3.10. The average Bonchev–Trinajstić information content (AvgIpc) is 2.31. The first-order valence-corrected chi connectivity index (χ1v) is 4.98. The van der Waals surface area contributed by atoms with Crippen LogP contribution < -0.4 is 5.32 Å². The fraction of sp³-hybridized carbons (Fsp3) is 0. The maximum Gasteiger partial charge on any atom is 0.762 e. The number of para-hydroxylation sites is 2. The van der Waals surface area contributed by atoms with Crippen LogP contribution in [0.2, 0.25) is 0 Å². The minimum atomic E-state index is -3.67. The smallest absolute Gasteiger partial charge is 0.356 e. The van der Waals surface area contributed by atoms with Crippen molar-refractivity contribution < 1.29 is 12.9 Å². The van der Waals surface area contributed by atoms with E-state index in [1.54, 1.807) is 0 Å². The highest BCUT2D eigenvalue weighted by Gasteiger charge is 2.06. The minimum absolute atomic E-state index is 1.12. The van der Waals surface area contributed by atoms with Crippen molar-refractivity contribution in [2.24, 2.45) is 0 Å². The first kappa shape index (κ1) is 13.2. The summed E-state index contributed by atoms with van der Waals surface area (Å²) in [5.41, 5.74) is 2.24. The van der Waals surface area contributed by atoms with Gasteiger partial charge in [-0.05, 0) is 24.3 Å². The van der Waals surface area contributed by atoms with Gasteiger partial charge in [-0.2, -0.15) is 0 Å².